The van der Waals surface area contributed by atoms with Crippen LogP contribution in [-0.4, -0.2) is 49.5 Å². The Morgan fingerprint density at radius 1 is 1.17 bits per heavy atom. The number of ether oxygens (including phenoxy) is 1. The van der Waals surface area contributed by atoms with Crippen molar-refractivity contribution in [3.05, 3.63) is 57.9 Å². The van der Waals surface area contributed by atoms with Gasteiger partial charge < -0.3 is 14.2 Å². The first-order chi connectivity index (χ1) is 14.5. The van der Waals surface area contributed by atoms with E-state index in [0.29, 0.717) is 55.2 Å². The lowest BCUT2D eigenvalue weighted by atomic mass is 10.1. The molecule has 1 amide bonds. The monoisotopic (exact) mass is 407 g/mol. The van der Waals surface area contributed by atoms with Crippen LogP contribution in [0.4, 0.5) is 0 Å². The number of carbonyl (C=O) groups is 1. The fourth-order valence-corrected chi connectivity index (χ4v) is 3.77. The molecule has 0 N–H and O–H groups in total. The van der Waals surface area contributed by atoms with E-state index >= 15 is 0 Å². The Morgan fingerprint density at radius 2 is 1.93 bits per heavy atom. The molecule has 4 rings (SSSR count). The molecule has 156 valence electrons. The predicted octanol–water partition coefficient (Wildman–Crippen LogP) is 2.51. The smallest absolute Gasteiger partial charge is 0.259 e. The number of rotatable bonds is 4. The molecule has 3 aromatic heterocycles. The highest BCUT2D eigenvalue weighted by Crippen LogP contribution is 2.19. The van der Waals surface area contributed by atoms with Crippen LogP contribution in [0.15, 0.2) is 35.4 Å². The summed E-state index contributed by atoms with van der Waals surface area (Å²) in [6, 6.07) is 5.30. The number of nitrogens with zero attached hydrogens (tertiary/aromatic N) is 5. The predicted molar refractivity (Wildman–Crippen MR) is 113 cm³/mol. The van der Waals surface area contributed by atoms with E-state index in [2.05, 4.69) is 15.0 Å². The van der Waals surface area contributed by atoms with Crippen LogP contribution in [-0.2, 0) is 6.54 Å². The SMILES string of the molecule is CCn1cc(C(=O)N2CCC(Oc3ccnc(C)n3)CC2)c(=O)c2ccc(C)nc21. The quantitative estimate of drug-likeness (QED) is 0.660. The van der Waals surface area contributed by atoms with Crippen molar-refractivity contribution >= 4 is 16.9 Å². The lowest BCUT2D eigenvalue weighted by Gasteiger charge is -2.32. The van der Waals surface area contributed by atoms with E-state index in [0.717, 1.165) is 5.69 Å². The minimum absolute atomic E-state index is 0.0144. The zero-order valence-corrected chi connectivity index (χ0v) is 17.5. The number of amides is 1. The largest absolute Gasteiger partial charge is 0.474 e. The molecule has 3 aromatic rings. The first-order valence-electron chi connectivity index (χ1n) is 10.2. The summed E-state index contributed by atoms with van der Waals surface area (Å²) in [5.74, 6) is 0.977. The third kappa shape index (κ3) is 3.90. The summed E-state index contributed by atoms with van der Waals surface area (Å²) >= 11 is 0. The second-order valence-corrected chi connectivity index (χ2v) is 7.53. The topological polar surface area (TPSA) is 90.2 Å². The summed E-state index contributed by atoms with van der Waals surface area (Å²) in [6.45, 7) is 7.36. The number of fused-ring (bicyclic) bond motifs is 1. The average molecular weight is 407 g/mol. The molecule has 0 radical (unpaired) electrons. The van der Waals surface area contributed by atoms with Gasteiger partial charge in [-0.3, -0.25) is 9.59 Å². The van der Waals surface area contributed by atoms with Crippen molar-refractivity contribution in [1.82, 2.24) is 24.4 Å². The minimum atomic E-state index is -0.262. The molecule has 4 heterocycles. The highest BCUT2D eigenvalue weighted by molar-refractivity contribution is 5.97. The molecular formula is C22H25N5O3. The summed E-state index contributed by atoms with van der Waals surface area (Å²) < 4.78 is 7.80. The Bertz CT molecular complexity index is 1150. The van der Waals surface area contributed by atoms with Crippen LogP contribution < -0.4 is 10.2 Å². The standard InChI is InChI=1S/C22H25N5O3/c1-4-26-13-18(20(28)17-6-5-14(2)24-21(17)26)22(29)27-11-8-16(9-12-27)30-19-7-10-23-15(3)25-19/h5-7,10,13,16H,4,8-9,11-12H2,1-3H3. The number of hydrogen-bond donors (Lipinski definition) is 0. The highest BCUT2D eigenvalue weighted by Gasteiger charge is 2.27. The van der Waals surface area contributed by atoms with Crippen molar-refractivity contribution in [2.75, 3.05) is 13.1 Å². The second-order valence-electron chi connectivity index (χ2n) is 7.53. The van der Waals surface area contributed by atoms with E-state index in [1.54, 1.807) is 35.5 Å². The fraction of sp³-hybridized carbons (Fsp3) is 0.409. The van der Waals surface area contributed by atoms with Crippen LogP contribution in [0.1, 0.15) is 41.6 Å². The van der Waals surface area contributed by atoms with Gasteiger partial charge in [-0.25, -0.2) is 9.97 Å². The molecular weight excluding hydrogens is 382 g/mol. The third-order valence-electron chi connectivity index (χ3n) is 5.40. The molecule has 0 aromatic carbocycles. The molecule has 1 aliphatic heterocycles. The van der Waals surface area contributed by atoms with Gasteiger partial charge >= 0.3 is 0 Å². The normalized spacial score (nSPS) is 14.8. The molecule has 0 saturated carbocycles. The van der Waals surface area contributed by atoms with E-state index in [-0.39, 0.29) is 23.0 Å². The van der Waals surface area contributed by atoms with Gasteiger partial charge in [-0.05, 0) is 32.9 Å². The van der Waals surface area contributed by atoms with Crippen LogP contribution in [0.5, 0.6) is 5.88 Å². The lowest BCUT2D eigenvalue weighted by molar-refractivity contribution is 0.0585. The zero-order chi connectivity index (χ0) is 21.3. The Morgan fingerprint density at radius 3 is 2.63 bits per heavy atom. The highest BCUT2D eigenvalue weighted by atomic mass is 16.5. The molecule has 0 spiro atoms. The number of likely N-dealkylation sites (tertiary alicyclic amines) is 1. The maximum Gasteiger partial charge on any atom is 0.259 e. The molecule has 30 heavy (non-hydrogen) atoms. The number of piperidine rings is 1. The Balaban J connectivity index is 1.52. The van der Waals surface area contributed by atoms with E-state index in [9.17, 15) is 9.59 Å². The number of aromatic nitrogens is 4. The minimum Gasteiger partial charge on any atom is -0.474 e. The first-order valence-corrected chi connectivity index (χ1v) is 10.2. The van der Waals surface area contributed by atoms with Crippen LogP contribution in [0.2, 0.25) is 0 Å². The number of aryl methyl sites for hydroxylation is 3. The van der Waals surface area contributed by atoms with Gasteiger partial charge in [0.05, 0.1) is 5.39 Å². The summed E-state index contributed by atoms with van der Waals surface area (Å²) in [4.78, 5) is 40.7. The van der Waals surface area contributed by atoms with Crippen molar-refractivity contribution in [2.45, 2.75) is 46.3 Å². The molecule has 1 fully saturated rings. The van der Waals surface area contributed by atoms with E-state index in [4.69, 9.17) is 4.74 Å². The van der Waals surface area contributed by atoms with Crippen LogP contribution in [0.3, 0.4) is 0 Å². The van der Waals surface area contributed by atoms with Crippen molar-refractivity contribution in [3.63, 3.8) is 0 Å². The van der Waals surface area contributed by atoms with Crippen molar-refractivity contribution in [1.29, 1.82) is 0 Å². The summed E-state index contributed by atoms with van der Waals surface area (Å²) in [5.41, 5.74) is 1.39. The van der Waals surface area contributed by atoms with Gasteiger partial charge in [0.1, 0.15) is 23.1 Å². The lowest BCUT2D eigenvalue weighted by Crippen LogP contribution is -2.43. The molecule has 0 atom stereocenters. The van der Waals surface area contributed by atoms with Gasteiger partial charge in [-0.1, -0.05) is 0 Å². The van der Waals surface area contributed by atoms with Crippen LogP contribution >= 0.6 is 0 Å². The summed E-state index contributed by atoms with van der Waals surface area (Å²) in [6.07, 6.45) is 4.67. The molecule has 1 aliphatic rings. The second kappa shape index (κ2) is 8.22. The third-order valence-corrected chi connectivity index (χ3v) is 5.40. The van der Waals surface area contributed by atoms with Crippen LogP contribution in [0.25, 0.3) is 11.0 Å². The van der Waals surface area contributed by atoms with Crippen LogP contribution in [0, 0.1) is 13.8 Å². The van der Waals surface area contributed by atoms with Gasteiger partial charge in [0.2, 0.25) is 11.3 Å². The van der Waals surface area contributed by atoms with Gasteiger partial charge in [-0.15, -0.1) is 0 Å². The molecule has 0 bridgehead atoms. The number of pyridine rings is 2. The van der Waals surface area contributed by atoms with Crippen molar-refractivity contribution in [3.8, 4) is 5.88 Å². The summed E-state index contributed by atoms with van der Waals surface area (Å²) in [5, 5.41) is 0.477. The van der Waals surface area contributed by atoms with E-state index in [1.807, 2.05) is 25.3 Å². The van der Waals surface area contributed by atoms with E-state index < -0.39 is 0 Å². The maximum absolute atomic E-state index is 13.1. The number of carbonyl (C=O) groups excluding carboxylic acids is 1. The van der Waals surface area contributed by atoms with Gasteiger partial charge in [0, 0.05) is 56.6 Å². The molecule has 0 unspecified atom stereocenters. The summed E-state index contributed by atoms with van der Waals surface area (Å²) in [7, 11) is 0. The van der Waals surface area contributed by atoms with Gasteiger partial charge in [0.25, 0.3) is 5.91 Å². The fourth-order valence-electron chi connectivity index (χ4n) is 3.77. The van der Waals surface area contributed by atoms with Gasteiger partial charge in [-0.2, -0.15) is 4.98 Å². The van der Waals surface area contributed by atoms with Gasteiger partial charge in [0.15, 0.2) is 0 Å². The van der Waals surface area contributed by atoms with Crippen molar-refractivity contribution < 1.29 is 9.53 Å². The Labute approximate surface area is 174 Å². The Kier molecular flexibility index (Phi) is 5.48. The van der Waals surface area contributed by atoms with E-state index in [1.165, 1.54) is 0 Å². The molecule has 0 aliphatic carbocycles. The molecule has 1 saturated heterocycles. The number of hydrogen-bond acceptors (Lipinski definition) is 6. The van der Waals surface area contributed by atoms with Crippen molar-refractivity contribution in [2.24, 2.45) is 0 Å². The zero-order valence-electron chi connectivity index (χ0n) is 17.5. The molecule has 8 nitrogen and oxygen atoms in total. The maximum atomic E-state index is 13.1. The Hall–Kier alpha value is -3.29. The molecule has 8 heteroatoms. The average Bonchev–Trinajstić information content (AvgIpc) is 2.74. The first kappa shape index (κ1) is 20.0.